The topological polar surface area (TPSA) is 38.7 Å². The predicted octanol–water partition coefficient (Wildman–Crippen LogP) is 4.04. The van der Waals surface area contributed by atoms with Crippen molar-refractivity contribution in [2.24, 2.45) is 10.9 Å². The van der Waals surface area contributed by atoms with E-state index >= 15 is 0 Å². The monoisotopic (exact) mass is 527 g/mol. The van der Waals surface area contributed by atoms with E-state index in [2.05, 4.69) is 41.8 Å². The molecule has 3 heterocycles. The van der Waals surface area contributed by atoms with Crippen LogP contribution >= 0.6 is 0 Å². The fourth-order valence-corrected chi connectivity index (χ4v) is 29.0. The van der Waals surface area contributed by atoms with Crippen molar-refractivity contribution in [2.75, 3.05) is 0 Å². The van der Waals surface area contributed by atoms with Gasteiger partial charge in [0.2, 0.25) is 0 Å². The molecule has 3 aliphatic heterocycles. The van der Waals surface area contributed by atoms with Gasteiger partial charge in [0.15, 0.2) is 0 Å². The van der Waals surface area contributed by atoms with E-state index in [-0.39, 0.29) is 18.1 Å². The molecule has 2 bridgehead atoms. The van der Waals surface area contributed by atoms with E-state index in [0.717, 1.165) is 11.3 Å². The molecular formula is C18H25NO2Sn2. The van der Waals surface area contributed by atoms with E-state index in [1.165, 1.54) is 7.18 Å². The summed E-state index contributed by atoms with van der Waals surface area (Å²) in [4.78, 5) is 32.0. The molecule has 5 heteroatoms. The van der Waals surface area contributed by atoms with Crippen molar-refractivity contribution < 1.29 is 9.53 Å². The number of dihydropyridines is 1. The quantitative estimate of drug-likeness (QED) is 0.442. The summed E-state index contributed by atoms with van der Waals surface area (Å²) < 4.78 is 8.65. The average molecular weight is 525 g/mol. The van der Waals surface area contributed by atoms with Crippen LogP contribution in [0.25, 0.3) is 0 Å². The van der Waals surface area contributed by atoms with Crippen LogP contribution in [0.3, 0.4) is 0 Å². The van der Waals surface area contributed by atoms with E-state index in [9.17, 15) is 4.79 Å². The van der Waals surface area contributed by atoms with Gasteiger partial charge in [-0.1, -0.05) is 0 Å². The van der Waals surface area contributed by atoms with Crippen molar-refractivity contribution in [3.63, 3.8) is 0 Å². The normalized spacial score (nSPS) is 24.6. The summed E-state index contributed by atoms with van der Waals surface area (Å²) in [5.74, 6) is -0.325. The maximum absolute atomic E-state index is 12.7. The number of fused-ring (bicyclic) bond motifs is 1. The first-order valence-corrected chi connectivity index (χ1v) is 28.2. The molecule has 2 atom stereocenters. The Morgan fingerprint density at radius 1 is 0.913 bits per heavy atom. The number of benzene rings is 1. The standard InChI is InChI=1S/C12H7NO2.6CH3.2Sn/c14-12-9-6-7-10(15-12)13-11(9)8-4-2-1-3-5-8;;;;;;;;/h1-5,9-10H;6*1H3;;. The summed E-state index contributed by atoms with van der Waals surface area (Å²) in [7, 11) is 0. The fraction of sp³-hybridized carbons (Fsp3) is 0.444. The van der Waals surface area contributed by atoms with Gasteiger partial charge in [-0.05, 0) is 0 Å². The van der Waals surface area contributed by atoms with Gasteiger partial charge in [-0.25, -0.2) is 0 Å². The van der Waals surface area contributed by atoms with Crippen LogP contribution in [0.2, 0.25) is 29.6 Å². The van der Waals surface area contributed by atoms with Gasteiger partial charge in [-0.15, -0.1) is 0 Å². The molecule has 0 radical (unpaired) electrons. The first kappa shape index (κ1) is 17.5. The molecule has 2 unspecified atom stereocenters. The second kappa shape index (κ2) is 5.90. The number of carbonyl (C=O) groups excluding carboxylic acids is 1. The Hall–Kier alpha value is -0.303. The molecule has 0 aliphatic carbocycles. The molecule has 0 saturated carbocycles. The Bertz CT molecular complexity index is 709. The molecule has 0 aromatic heterocycles. The van der Waals surface area contributed by atoms with Crippen molar-refractivity contribution in [3.8, 4) is 0 Å². The van der Waals surface area contributed by atoms with Crippen molar-refractivity contribution >= 4 is 48.4 Å². The molecule has 1 aromatic rings. The van der Waals surface area contributed by atoms with Gasteiger partial charge in [0, 0.05) is 0 Å². The van der Waals surface area contributed by atoms with E-state index in [1.807, 2.05) is 18.2 Å². The minimum absolute atomic E-state index is 0.0789. The van der Waals surface area contributed by atoms with E-state index in [0.29, 0.717) is 0 Å². The number of rotatable bonds is 3. The van der Waals surface area contributed by atoms with Gasteiger partial charge in [-0.2, -0.15) is 0 Å². The van der Waals surface area contributed by atoms with Gasteiger partial charge in [0.05, 0.1) is 0 Å². The summed E-state index contributed by atoms with van der Waals surface area (Å²) in [5, 5.41) is 0. The molecule has 0 spiro atoms. The molecule has 23 heavy (non-hydrogen) atoms. The molecule has 0 amide bonds. The SMILES string of the molecule is [CH3][Sn]([CH3])([CH3])[C]1=[C]([Sn]([CH3])([CH3])[CH3])C2C(=O)OC1N=C2c1ccccc1. The number of esters is 1. The summed E-state index contributed by atoms with van der Waals surface area (Å²) in [6.45, 7) is 0. The Kier molecular flexibility index (Phi) is 4.49. The Labute approximate surface area is 147 Å². The summed E-state index contributed by atoms with van der Waals surface area (Å²) in [5.41, 5.74) is 2.00. The molecule has 122 valence electrons. The number of hydrogen-bond acceptors (Lipinski definition) is 3. The zero-order valence-corrected chi connectivity index (χ0v) is 20.5. The number of ether oxygens (including phenoxy) is 1. The molecule has 3 aliphatic rings. The van der Waals surface area contributed by atoms with E-state index in [4.69, 9.17) is 9.73 Å². The van der Waals surface area contributed by atoms with Crippen molar-refractivity contribution in [3.05, 3.63) is 43.1 Å². The number of nitrogens with zero attached hydrogens (tertiary/aromatic N) is 1. The number of hydrogen-bond donors (Lipinski definition) is 0. The van der Waals surface area contributed by atoms with Crippen molar-refractivity contribution in [1.82, 2.24) is 0 Å². The summed E-state index contributed by atoms with van der Waals surface area (Å²) in [6, 6.07) is 10.1. The van der Waals surface area contributed by atoms with E-state index < -0.39 is 36.8 Å². The van der Waals surface area contributed by atoms with Gasteiger partial charge in [0.1, 0.15) is 0 Å². The molecule has 0 saturated heterocycles. The van der Waals surface area contributed by atoms with Crippen molar-refractivity contribution in [2.45, 2.75) is 35.9 Å². The van der Waals surface area contributed by atoms with Crippen LogP contribution in [-0.2, 0) is 9.53 Å². The van der Waals surface area contributed by atoms with Gasteiger partial charge >= 0.3 is 148 Å². The number of carbonyl (C=O) groups is 1. The molecule has 1 aromatic carbocycles. The summed E-state index contributed by atoms with van der Waals surface area (Å²) >= 11 is -4.86. The first-order chi connectivity index (χ1) is 10.6. The first-order valence-electron chi connectivity index (χ1n) is 8.19. The maximum atomic E-state index is 12.7. The Balaban J connectivity index is 2.22. The van der Waals surface area contributed by atoms with Crippen LogP contribution in [0, 0.1) is 5.92 Å². The molecule has 0 fully saturated rings. The van der Waals surface area contributed by atoms with Crippen LogP contribution in [0.15, 0.2) is 42.5 Å². The fourth-order valence-electron chi connectivity index (χ4n) is 3.65. The van der Waals surface area contributed by atoms with Gasteiger partial charge < -0.3 is 0 Å². The zero-order chi connectivity index (χ0) is 17.0. The molecule has 0 N–H and O–H groups in total. The van der Waals surface area contributed by atoms with Gasteiger partial charge in [-0.3, -0.25) is 0 Å². The second-order valence-corrected chi connectivity index (χ2v) is 37.2. The summed E-state index contributed by atoms with van der Waals surface area (Å²) in [6.07, 6.45) is -0.343. The molecular weight excluding hydrogens is 500 g/mol. The van der Waals surface area contributed by atoms with Crippen LogP contribution in [0.4, 0.5) is 0 Å². The zero-order valence-electron chi connectivity index (χ0n) is 14.8. The Morgan fingerprint density at radius 2 is 1.48 bits per heavy atom. The number of aliphatic imine (C=N–C) groups is 1. The second-order valence-electron chi connectivity index (χ2n) is 8.43. The van der Waals surface area contributed by atoms with Crippen LogP contribution < -0.4 is 0 Å². The third-order valence-electron chi connectivity index (χ3n) is 4.50. The average Bonchev–Trinajstić information content (AvgIpc) is 2.45. The van der Waals surface area contributed by atoms with Crippen LogP contribution in [-0.4, -0.2) is 54.7 Å². The van der Waals surface area contributed by atoms with E-state index in [1.54, 1.807) is 0 Å². The third kappa shape index (κ3) is 3.15. The minimum atomic E-state index is -2.46. The van der Waals surface area contributed by atoms with Gasteiger partial charge in [0.25, 0.3) is 0 Å². The third-order valence-corrected chi connectivity index (χ3v) is 18.8. The molecule has 4 rings (SSSR count). The van der Waals surface area contributed by atoms with Crippen molar-refractivity contribution in [1.29, 1.82) is 0 Å². The van der Waals surface area contributed by atoms with Crippen LogP contribution in [0.1, 0.15) is 5.56 Å². The van der Waals surface area contributed by atoms with Crippen LogP contribution in [0.5, 0.6) is 0 Å². The predicted molar refractivity (Wildman–Crippen MR) is 100 cm³/mol. The molecule has 3 nitrogen and oxygen atoms in total. The Morgan fingerprint density at radius 3 is 2.00 bits per heavy atom.